The molecule has 3 N–H and O–H groups in total. The molecule has 1 aliphatic heterocycles. The quantitative estimate of drug-likeness (QED) is 0.645. The molecule has 2 fully saturated rings. The van der Waals surface area contributed by atoms with Crippen LogP contribution in [0.15, 0.2) is 0 Å². The van der Waals surface area contributed by atoms with E-state index in [1.165, 1.54) is 0 Å². The highest BCUT2D eigenvalue weighted by Gasteiger charge is 2.27. The highest BCUT2D eigenvalue weighted by molar-refractivity contribution is 5.95. The molecule has 0 spiro atoms. The Hall–Kier alpha value is -1.14. The number of carbonyl (C=O) groups is 2. The summed E-state index contributed by atoms with van der Waals surface area (Å²) in [5, 5.41) is 14.6. The van der Waals surface area contributed by atoms with Gasteiger partial charge in [-0.3, -0.25) is 15.0 Å². The molecule has 0 aromatic carbocycles. The number of carbonyl (C=O) groups excluding carboxylic acids is 2. The highest BCUT2D eigenvalue weighted by Crippen LogP contribution is 2.18. The van der Waals surface area contributed by atoms with E-state index in [0.29, 0.717) is 19.5 Å². The number of aliphatic hydroxyl groups excluding tert-OH is 1. The Morgan fingerprint density at radius 2 is 2.06 bits per heavy atom. The minimum absolute atomic E-state index is 0.173. The fourth-order valence-corrected chi connectivity index (χ4v) is 2.18. The van der Waals surface area contributed by atoms with Gasteiger partial charge in [0.1, 0.15) is 0 Å². The van der Waals surface area contributed by atoms with Crippen molar-refractivity contribution in [1.82, 2.24) is 15.5 Å². The van der Waals surface area contributed by atoms with Crippen molar-refractivity contribution in [2.45, 2.75) is 38.3 Å². The van der Waals surface area contributed by atoms with E-state index in [1.807, 2.05) is 11.8 Å². The second-order valence-corrected chi connectivity index (χ2v) is 5.36. The van der Waals surface area contributed by atoms with Gasteiger partial charge in [0.2, 0.25) is 5.91 Å². The van der Waals surface area contributed by atoms with Crippen LogP contribution in [0.2, 0.25) is 0 Å². The second-order valence-electron chi connectivity index (χ2n) is 5.36. The van der Waals surface area contributed by atoms with Gasteiger partial charge in [-0.25, -0.2) is 4.79 Å². The maximum Gasteiger partial charge on any atom is 0.321 e. The Kier molecular flexibility index (Phi) is 4.19. The Bertz CT molecular complexity index is 331. The highest BCUT2D eigenvalue weighted by atomic mass is 16.3. The van der Waals surface area contributed by atoms with Gasteiger partial charge >= 0.3 is 6.03 Å². The van der Waals surface area contributed by atoms with Crippen LogP contribution in [0.5, 0.6) is 0 Å². The van der Waals surface area contributed by atoms with E-state index in [9.17, 15) is 14.7 Å². The average molecular weight is 255 g/mol. The van der Waals surface area contributed by atoms with Crippen molar-refractivity contribution in [3.8, 4) is 0 Å². The number of likely N-dealkylation sites (tertiary alicyclic amines) is 1. The van der Waals surface area contributed by atoms with Crippen molar-refractivity contribution in [2.24, 2.45) is 5.92 Å². The number of piperidine rings is 1. The molecule has 18 heavy (non-hydrogen) atoms. The van der Waals surface area contributed by atoms with Gasteiger partial charge in [-0.15, -0.1) is 0 Å². The van der Waals surface area contributed by atoms with Gasteiger partial charge in [-0.05, 0) is 25.2 Å². The number of aliphatic hydroxyl groups is 1. The number of hydrogen-bond donors (Lipinski definition) is 3. The molecule has 102 valence electrons. The van der Waals surface area contributed by atoms with Gasteiger partial charge in [0.15, 0.2) is 0 Å². The predicted octanol–water partition coefficient (Wildman–Crippen LogP) is -0.323. The third kappa shape index (κ3) is 3.96. The number of nitrogens with zero attached hydrogens (tertiary/aromatic N) is 1. The van der Waals surface area contributed by atoms with E-state index < -0.39 is 6.03 Å². The molecule has 2 unspecified atom stereocenters. The minimum atomic E-state index is -0.396. The zero-order chi connectivity index (χ0) is 13.1. The minimum Gasteiger partial charge on any atom is -0.393 e. The van der Waals surface area contributed by atoms with Gasteiger partial charge in [0, 0.05) is 19.1 Å². The molecule has 0 aromatic heterocycles. The summed E-state index contributed by atoms with van der Waals surface area (Å²) in [5.41, 5.74) is 0. The van der Waals surface area contributed by atoms with E-state index in [1.54, 1.807) is 0 Å². The third-order valence-electron chi connectivity index (χ3n) is 3.48. The molecule has 2 aliphatic rings. The normalized spacial score (nSPS) is 28.8. The van der Waals surface area contributed by atoms with Crippen LogP contribution < -0.4 is 10.6 Å². The van der Waals surface area contributed by atoms with Gasteiger partial charge in [-0.2, -0.15) is 0 Å². The van der Waals surface area contributed by atoms with Crippen molar-refractivity contribution < 1.29 is 14.7 Å². The molecule has 3 amide bonds. The number of hydrogen-bond acceptors (Lipinski definition) is 4. The van der Waals surface area contributed by atoms with Crippen LogP contribution in [0.4, 0.5) is 4.79 Å². The second kappa shape index (κ2) is 5.67. The number of amides is 3. The molecule has 1 saturated heterocycles. The number of rotatable bonds is 3. The van der Waals surface area contributed by atoms with E-state index in [0.717, 1.165) is 12.8 Å². The standard InChI is InChI=1S/C12H21N3O3/c1-8-6-15(5-4-10(8)16)7-11(17)14-12(18)13-9-2-3-9/h8-10,16H,2-7H2,1H3,(H2,13,14,17,18). The van der Waals surface area contributed by atoms with Crippen LogP contribution in [-0.2, 0) is 4.79 Å². The maximum atomic E-state index is 11.6. The first kappa shape index (κ1) is 13.3. The van der Waals surface area contributed by atoms with E-state index >= 15 is 0 Å². The summed E-state index contributed by atoms with van der Waals surface area (Å²) < 4.78 is 0. The van der Waals surface area contributed by atoms with E-state index in [-0.39, 0.29) is 30.5 Å². The number of nitrogens with one attached hydrogen (secondary N) is 2. The Labute approximate surface area is 107 Å². The van der Waals surface area contributed by atoms with Crippen LogP contribution in [-0.4, -0.2) is 53.7 Å². The smallest absolute Gasteiger partial charge is 0.321 e. The summed E-state index contributed by atoms with van der Waals surface area (Å²) in [6.07, 6.45) is 2.41. The molecule has 0 radical (unpaired) electrons. The van der Waals surface area contributed by atoms with Crippen LogP contribution in [0.1, 0.15) is 26.2 Å². The lowest BCUT2D eigenvalue weighted by Gasteiger charge is -2.33. The number of imide groups is 1. The molecule has 2 atom stereocenters. The van der Waals surface area contributed by atoms with E-state index in [2.05, 4.69) is 10.6 Å². The molecule has 6 nitrogen and oxygen atoms in total. The molecular formula is C12H21N3O3. The molecule has 6 heteroatoms. The van der Waals surface area contributed by atoms with Gasteiger partial charge < -0.3 is 10.4 Å². The fourth-order valence-electron chi connectivity index (χ4n) is 2.18. The lowest BCUT2D eigenvalue weighted by molar-refractivity contribution is -0.122. The molecule has 2 rings (SSSR count). The van der Waals surface area contributed by atoms with Gasteiger partial charge in [0.25, 0.3) is 0 Å². The zero-order valence-electron chi connectivity index (χ0n) is 10.7. The third-order valence-corrected chi connectivity index (χ3v) is 3.48. The average Bonchev–Trinajstić information content (AvgIpc) is 3.07. The molecular weight excluding hydrogens is 234 g/mol. The lowest BCUT2D eigenvalue weighted by Crippen LogP contribution is -2.49. The van der Waals surface area contributed by atoms with Crippen molar-refractivity contribution in [1.29, 1.82) is 0 Å². The van der Waals surface area contributed by atoms with E-state index in [4.69, 9.17) is 0 Å². The Morgan fingerprint density at radius 3 is 2.67 bits per heavy atom. The number of urea groups is 1. The Balaban J connectivity index is 1.68. The van der Waals surface area contributed by atoms with Crippen molar-refractivity contribution in [3.05, 3.63) is 0 Å². The molecule has 1 aliphatic carbocycles. The molecule has 1 heterocycles. The first-order valence-electron chi connectivity index (χ1n) is 6.55. The van der Waals surface area contributed by atoms with Crippen LogP contribution >= 0.6 is 0 Å². The van der Waals surface area contributed by atoms with Gasteiger partial charge in [-0.1, -0.05) is 6.92 Å². The topological polar surface area (TPSA) is 81.7 Å². The summed E-state index contributed by atoms with van der Waals surface area (Å²) >= 11 is 0. The maximum absolute atomic E-state index is 11.6. The van der Waals surface area contributed by atoms with Crippen LogP contribution in [0.25, 0.3) is 0 Å². The van der Waals surface area contributed by atoms with Gasteiger partial charge in [0.05, 0.1) is 12.6 Å². The molecule has 1 saturated carbocycles. The Morgan fingerprint density at radius 1 is 1.33 bits per heavy atom. The largest absolute Gasteiger partial charge is 0.393 e. The lowest BCUT2D eigenvalue weighted by atomic mass is 9.97. The summed E-state index contributed by atoms with van der Waals surface area (Å²) in [4.78, 5) is 25.0. The summed E-state index contributed by atoms with van der Waals surface area (Å²) in [5.74, 6) is -0.108. The van der Waals surface area contributed by atoms with Crippen LogP contribution in [0, 0.1) is 5.92 Å². The zero-order valence-corrected chi connectivity index (χ0v) is 10.7. The summed E-state index contributed by atoms with van der Waals surface area (Å²) in [7, 11) is 0. The SMILES string of the molecule is CC1CN(CC(=O)NC(=O)NC2CC2)CCC1O. The predicted molar refractivity (Wildman–Crippen MR) is 65.9 cm³/mol. The molecule has 0 aromatic rings. The summed E-state index contributed by atoms with van der Waals surface area (Å²) in [6, 6.07) is -0.143. The first-order valence-corrected chi connectivity index (χ1v) is 6.55. The fraction of sp³-hybridized carbons (Fsp3) is 0.833. The van der Waals surface area contributed by atoms with Crippen LogP contribution in [0.3, 0.4) is 0 Å². The van der Waals surface area contributed by atoms with Crippen molar-refractivity contribution >= 4 is 11.9 Å². The first-order chi connectivity index (χ1) is 8.54. The van der Waals surface area contributed by atoms with Crippen molar-refractivity contribution in [2.75, 3.05) is 19.6 Å². The summed E-state index contributed by atoms with van der Waals surface area (Å²) in [6.45, 7) is 3.58. The molecule has 0 bridgehead atoms. The van der Waals surface area contributed by atoms with Crippen molar-refractivity contribution in [3.63, 3.8) is 0 Å². The monoisotopic (exact) mass is 255 g/mol.